The zero-order valence-corrected chi connectivity index (χ0v) is 19.6. The molecule has 1 unspecified atom stereocenters. The van der Waals surface area contributed by atoms with Crippen molar-refractivity contribution in [2.24, 2.45) is 46.3 Å². The maximum atomic E-state index is 11.0. The Balaban J connectivity index is 0.000000589. The van der Waals surface area contributed by atoms with Crippen LogP contribution < -0.4 is 0 Å². The molecule has 0 aromatic carbocycles. The fraction of sp³-hybridized carbons (Fsp3) is 0.962. The molecule has 4 heteroatoms. The number of rotatable bonds is 5. The Hall–Kier alpha value is -0.610. The van der Waals surface area contributed by atoms with Gasteiger partial charge in [0, 0.05) is 6.42 Å². The van der Waals surface area contributed by atoms with Crippen LogP contribution in [-0.4, -0.2) is 34.5 Å². The van der Waals surface area contributed by atoms with E-state index in [0.29, 0.717) is 23.2 Å². The largest absolute Gasteiger partial charge is 0.481 e. The molecule has 0 radical (unpaired) electrons. The molecule has 0 aromatic heterocycles. The van der Waals surface area contributed by atoms with Crippen LogP contribution in [0.4, 0.5) is 0 Å². The smallest absolute Gasteiger partial charge is 0.303 e. The molecule has 0 aromatic rings. The second-order valence-electron chi connectivity index (χ2n) is 11.5. The van der Waals surface area contributed by atoms with Crippen molar-refractivity contribution in [3.63, 3.8) is 0 Å². The summed E-state index contributed by atoms with van der Waals surface area (Å²) < 4.78 is 0. The van der Waals surface area contributed by atoms with Gasteiger partial charge in [-0.15, -0.1) is 0 Å². The van der Waals surface area contributed by atoms with Gasteiger partial charge in [0.25, 0.3) is 0 Å². The fourth-order valence-electron chi connectivity index (χ4n) is 8.82. The van der Waals surface area contributed by atoms with Crippen molar-refractivity contribution in [2.45, 2.75) is 97.8 Å². The summed E-state index contributed by atoms with van der Waals surface area (Å²) in [6, 6.07) is 0. The van der Waals surface area contributed by atoms with Crippen LogP contribution in [0.25, 0.3) is 0 Å². The summed E-state index contributed by atoms with van der Waals surface area (Å²) in [7, 11) is 0. The van der Waals surface area contributed by atoms with Gasteiger partial charge in [-0.1, -0.05) is 33.6 Å². The zero-order valence-electron chi connectivity index (χ0n) is 19.6. The Morgan fingerprint density at radius 1 is 0.900 bits per heavy atom. The lowest BCUT2D eigenvalue weighted by Gasteiger charge is -2.61. The number of aliphatic hydroxyl groups is 2. The second-order valence-corrected chi connectivity index (χ2v) is 11.5. The lowest BCUT2D eigenvalue weighted by Crippen LogP contribution is -2.53. The first-order valence-electron chi connectivity index (χ1n) is 12.7. The van der Waals surface area contributed by atoms with Crippen molar-refractivity contribution < 1.29 is 20.1 Å². The van der Waals surface area contributed by atoms with E-state index in [1.807, 2.05) is 0 Å². The molecule has 0 spiro atoms. The van der Waals surface area contributed by atoms with Gasteiger partial charge in [-0.3, -0.25) is 4.79 Å². The lowest BCUT2D eigenvalue weighted by atomic mass is 9.44. The Kier molecular flexibility index (Phi) is 7.93. The number of aliphatic hydroxyl groups excluding tert-OH is 2. The van der Waals surface area contributed by atoms with E-state index in [1.54, 1.807) is 0 Å². The summed E-state index contributed by atoms with van der Waals surface area (Å²) in [6.45, 7) is 7.35. The minimum Gasteiger partial charge on any atom is -0.481 e. The molecule has 0 bridgehead atoms. The summed E-state index contributed by atoms with van der Waals surface area (Å²) >= 11 is 0. The highest BCUT2D eigenvalue weighted by Crippen LogP contribution is 2.68. The number of hydrogen-bond donors (Lipinski definition) is 3. The van der Waals surface area contributed by atoms with Gasteiger partial charge in [-0.25, -0.2) is 0 Å². The van der Waals surface area contributed by atoms with E-state index in [1.165, 1.54) is 64.2 Å². The Morgan fingerprint density at radius 3 is 2.27 bits per heavy atom. The van der Waals surface area contributed by atoms with Crippen molar-refractivity contribution >= 4 is 5.97 Å². The molecule has 174 valence electrons. The average molecular weight is 423 g/mol. The molecule has 4 nitrogen and oxygen atoms in total. The second kappa shape index (κ2) is 9.90. The quantitative estimate of drug-likeness (QED) is 0.546. The highest BCUT2D eigenvalue weighted by molar-refractivity contribution is 5.66. The van der Waals surface area contributed by atoms with Crippen molar-refractivity contribution in [2.75, 3.05) is 13.2 Å². The van der Waals surface area contributed by atoms with E-state index in [4.69, 9.17) is 15.3 Å². The highest BCUT2D eigenvalue weighted by Gasteiger charge is 2.60. The van der Waals surface area contributed by atoms with Crippen LogP contribution in [0, 0.1) is 46.3 Å². The van der Waals surface area contributed by atoms with Crippen molar-refractivity contribution in [1.29, 1.82) is 0 Å². The van der Waals surface area contributed by atoms with E-state index in [0.717, 1.165) is 36.0 Å². The summed E-state index contributed by atoms with van der Waals surface area (Å²) in [5.74, 6) is 4.57. The van der Waals surface area contributed by atoms with Gasteiger partial charge in [-0.05, 0) is 104 Å². The minimum atomic E-state index is -0.621. The van der Waals surface area contributed by atoms with E-state index < -0.39 is 5.97 Å². The number of fused-ring (bicyclic) bond motifs is 5. The molecule has 4 rings (SSSR count). The minimum absolute atomic E-state index is 0.125. The van der Waals surface area contributed by atoms with Gasteiger partial charge in [0.2, 0.25) is 0 Å². The molecule has 0 saturated heterocycles. The van der Waals surface area contributed by atoms with Crippen LogP contribution in [0.2, 0.25) is 0 Å². The van der Waals surface area contributed by atoms with Crippen LogP contribution in [0.15, 0.2) is 0 Å². The average Bonchev–Trinajstić information content (AvgIpc) is 3.09. The van der Waals surface area contributed by atoms with Crippen LogP contribution in [0.5, 0.6) is 0 Å². The summed E-state index contributed by atoms with van der Waals surface area (Å²) in [4.78, 5) is 11.0. The summed E-state index contributed by atoms with van der Waals surface area (Å²) in [5.41, 5.74) is 1.12. The molecule has 4 aliphatic rings. The third-order valence-corrected chi connectivity index (χ3v) is 10.3. The Labute approximate surface area is 183 Å². The molecular weight excluding hydrogens is 376 g/mol. The highest BCUT2D eigenvalue weighted by atomic mass is 16.4. The van der Waals surface area contributed by atoms with E-state index in [2.05, 4.69) is 20.8 Å². The molecule has 0 aliphatic heterocycles. The zero-order chi connectivity index (χ0) is 21.9. The van der Waals surface area contributed by atoms with E-state index in [-0.39, 0.29) is 13.2 Å². The van der Waals surface area contributed by atoms with Crippen LogP contribution in [0.3, 0.4) is 0 Å². The van der Waals surface area contributed by atoms with Gasteiger partial charge in [0.15, 0.2) is 0 Å². The molecule has 3 N–H and O–H groups in total. The lowest BCUT2D eigenvalue weighted by molar-refractivity contribution is -0.137. The van der Waals surface area contributed by atoms with E-state index >= 15 is 0 Å². The first-order valence-corrected chi connectivity index (χ1v) is 12.7. The predicted octanol–water partition coefficient (Wildman–Crippen LogP) is 5.51. The Morgan fingerprint density at radius 2 is 1.60 bits per heavy atom. The van der Waals surface area contributed by atoms with Crippen LogP contribution in [-0.2, 0) is 4.79 Å². The SMILES string of the molecule is C[C@H](CCC(=O)O)[C@H]1CC[C@H]2[C@@H]3CCC4CCCC[C@]4(C)[C@H]3CC[C@]12C.OCCO. The standard InChI is InChI=1S/C24H40O2.C2H6O2/c1-16(7-12-22(25)26)19-10-11-20-18-9-8-17-6-4-5-14-23(17,2)21(18)13-15-24(19,20)3;3-1-2-4/h16-21H,4-15H2,1-3H3,(H,25,26);3-4H,1-2H2/t16-,17?,18+,19-,20+,21+,23+,24-;/m1./s1. The number of carboxylic acid groups (broad SMARTS) is 1. The third kappa shape index (κ3) is 4.46. The van der Waals surface area contributed by atoms with Crippen LogP contribution in [0.1, 0.15) is 97.8 Å². The number of hydrogen-bond acceptors (Lipinski definition) is 3. The van der Waals surface area contributed by atoms with Gasteiger partial charge >= 0.3 is 5.97 Å². The first-order chi connectivity index (χ1) is 14.3. The maximum absolute atomic E-state index is 11.0. The fourth-order valence-corrected chi connectivity index (χ4v) is 8.82. The normalized spacial score (nSPS) is 43.4. The monoisotopic (exact) mass is 422 g/mol. The number of aliphatic carboxylic acids is 1. The van der Waals surface area contributed by atoms with E-state index in [9.17, 15) is 4.79 Å². The third-order valence-electron chi connectivity index (χ3n) is 10.3. The molecule has 30 heavy (non-hydrogen) atoms. The molecule has 0 heterocycles. The molecule has 0 amide bonds. The molecule has 8 atom stereocenters. The van der Waals surface area contributed by atoms with Crippen molar-refractivity contribution in [1.82, 2.24) is 0 Å². The van der Waals surface area contributed by atoms with Gasteiger partial charge in [0.1, 0.15) is 0 Å². The molecule has 4 fully saturated rings. The van der Waals surface area contributed by atoms with Crippen molar-refractivity contribution in [3.05, 3.63) is 0 Å². The van der Waals surface area contributed by atoms with Gasteiger partial charge in [0.05, 0.1) is 13.2 Å². The number of carbonyl (C=O) groups is 1. The summed E-state index contributed by atoms with van der Waals surface area (Å²) in [6.07, 6.45) is 15.7. The van der Waals surface area contributed by atoms with Crippen LogP contribution >= 0.6 is 0 Å². The Bertz CT molecular complexity index is 575. The van der Waals surface area contributed by atoms with Gasteiger partial charge in [-0.2, -0.15) is 0 Å². The van der Waals surface area contributed by atoms with Crippen molar-refractivity contribution in [3.8, 4) is 0 Å². The first kappa shape index (κ1) is 24.0. The maximum Gasteiger partial charge on any atom is 0.303 e. The molecule has 4 saturated carbocycles. The molecular formula is C26H46O4. The summed E-state index contributed by atoms with van der Waals surface area (Å²) in [5, 5.41) is 24.3. The molecule has 4 aliphatic carbocycles. The van der Waals surface area contributed by atoms with Gasteiger partial charge < -0.3 is 15.3 Å². The topological polar surface area (TPSA) is 77.8 Å². The number of carboxylic acids is 1. The predicted molar refractivity (Wildman–Crippen MR) is 120 cm³/mol.